The fourth-order valence-electron chi connectivity index (χ4n) is 2.30. The molecular formula is C14H19N3O3. The van der Waals surface area contributed by atoms with Crippen molar-refractivity contribution in [1.29, 1.82) is 0 Å². The van der Waals surface area contributed by atoms with Gasteiger partial charge in [-0.15, -0.1) is 0 Å². The van der Waals surface area contributed by atoms with Crippen LogP contribution in [-0.2, 0) is 0 Å². The average molecular weight is 277 g/mol. The number of likely N-dealkylation sites (tertiary alicyclic amines) is 1. The third kappa shape index (κ3) is 3.26. The number of nitrogens with one attached hydrogen (secondary N) is 1. The summed E-state index contributed by atoms with van der Waals surface area (Å²) in [6.45, 7) is 5.35. The molecule has 0 unspecified atom stereocenters. The van der Waals surface area contributed by atoms with Gasteiger partial charge in [-0.2, -0.15) is 0 Å². The van der Waals surface area contributed by atoms with E-state index in [0.29, 0.717) is 19.0 Å². The number of nitrogens with zero attached hydrogens (tertiary/aromatic N) is 2. The highest BCUT2D eigenvalue weighted by Crippen LogP contribution is 2.26. The van der Waals surface area contributed by atoms with Crippen molar-refractivity contribution in [3.63, 3.8) is 0 Å². The molecule has 1 N–H and O–H groups in total. The van der Waals surface area contributed by atoms with Crippen LogP contribution < -0.4 is 5.32 Å². The largest absolute Gasteiger partial charge is 0.325 e. The number of carbonyl (C=O) groups excluding carboxylic acids is 1. The van der Waals surface area contributed by atoms with Crippen LogP contribution in [-0.4, -0.2) is 28.9 Å². The van der Waals surface area contributed by atoms with Gasteiger partial charge in [0, 0.05) is 19.2 Å². The van der Waals surface area contributed by atoms with Crippen molar-refractivity contribution in [2.24, 2.45) is 5.92 Å². The van der Waals surface area contributed by atoms with Crippen molar-refractivity contribution < 1.29 is 9.72 Å². The maximum atomic E-state index is 12.1. The molecule has 6 heteroatoms. The Kier molecular flexibility index (Phi) is 4.22. The van der Waals surface area contributed by atoms with Crippen LogP contribution in [0.3, 0.4) is 0 Å². The maximum absolute atomic E-state index is 12.1. The summed E-state index contributed by atoms with van der Waals surface area (Å²) in [5, 5.41) is 13.7. The number of nitro benzene ring substituents is 1. The van der Waals surface area contributed by atoms with E-state index in [1.807, 2.05) is 0 Å². The van der Waals surface area contributed by atoms with Crippen molar-refractivity contribution in [1.82, 2.24) is 4.90 Å². The van der Waals surface area contributed by atoms with Crippen LogP contribution in [0, 0.1) is 23.0 Å². The van der Waals surface area contributed by atoms with Gasteiger partial charge < -0.3 is 10.2 Å². The summed E-state index contributed by atoms with van der Waals surface area (Å²) in [6.07, 6.45) is 1.95. The molecule has 0 bridgehead atoms. The summed E-state index contributed by atoms with van der Waals surface area (Å²) < 4.78 is 0. The van der Waals surface area contributed by atoms with E-state index in [1.165, 1.54) is 6.07 Å². The lowest BCUT2D eigenvalue weighted by Crippen LogP contribution is -2.40. The summed E-state index contributed by atoms with van der Waals surface area (Å²) in [5.41, 5.74) is 0.981. The van der Waals surface area contributed by atoms with Crippen molar-refractivity contribution in [2.45, 2.75) is 26.7 Å². The Hall–Kier alpha value is -2.11. The highest BCUT2D eigenvalue weighted by atomic mass is 16.6. The molecule has 1 aromatic rings. The summed E-state index contributed by atoms with van der Waals surface area (Å²) in [6, 6.07) is 4.54. The van der Waals surface area contributed by atoms with Gasteiger partial charge in [0.05, 0.1) is 4.92 Å². The molecule has 0 aromatic heterocycles. The molecule has 0 spiro atoms. The van der Waals surface area contributed by atoms with Crippen molar-refractivity contribution in [3.05, 3.63) is 33.9 Å². The van der Waals surface area contributed by atoms with Crippen LogP contribution in [0.25, 0.3) is 0 Å². The summed E-state index contributed by atoms with van der Waals surface area (Å²) in [7, 11) is 0. The van der Waals surface area contributed by atoms with E-state index in [-0.39, 0.29) is 17.4 Å². The van der Waals surface area contributed by atoms with E-state index >= 15 is 0 Å². The second kappa shape index (κ2) is 5.90. The second-order valence-electron chi connectivity index (χ2n) is 5.38. The molecule has 6 nitrogen and oxygen atoms in total. The maximum Gasteiger partial charge on any atom is 0.322 e. The zero-order valence-electron chi connectivity index (χ0n) is 11.8. The van der Waals surface area contributed by atoms with Crippen LogP contribution in [0.2, 0.25) is 0 Å². The molecule has 108 valence electrons. The van der Waals surface area contributed by atoms with Gasteiger partial charge in [0.2, 0.25) is 0 Å². The van der Waals surface area contributed by atoms with E-state index in [4.69, 9.17) is 0 Å². The Morgan fingerprint density at radius 3 is 2.65 bits per heavy atom. The van der Waals surface area contributed by atoms with Gasteiger partial charge in [0.25, 0.3) is 5.69 Å². The number of aryl methyl sites for hydroxylation is 1. The van der Waals surface area contributed by atoms with Gasteiger partial charge in [-0.1, -0.05) is 13.0 Å². The van der Waals surface area contributed by atoms with Crippen molar-refractivity contribution in [3.8, 4) is 0 Å². The summed E-state index contributed by atoms with van der Waals surface area (Å²) >= 11 is 0. The van der Waals surface area contributed by atoms with Gasteiger partial charge in [-0.05, 0) is 37.3 Å². The first kappa shape index (κ1) is 14.3. The zero-order chi connectivity index (χ0) is 14.7. The standard InChI is InChI=1S/C14H19N3O3/c1-10-5-7-16(8-6-10)14(18)15-12-4-3-11(2)9-13(12)17(19)20/h3-4,9-10H,5-8H2,1-2H3,(H,15,18). The molecule has 0 atom stereocenters. The number of hydrogen-bond acceptors (Lipinski definition) is 3. The number of benzene rings is 1. The SMILES string of the molecule is Cc1ccc(NC(=O)N2CCC(C)CC2)c([N+](=O)[O-])c1. The van der Waals surface area contributed by atoms with E-state index in [1.54, 1.807) is 24.0 Å². The van der Waals surface area contributed by atoms with Crippen LogP contribution in [0.4, 0.5) is 16.2 Å². The molecule has 2 amide bonds. The first-order valence-corrected chi connectivity index (χ1v) is 6.78. The third-order valence-corrected chi connectivity index (χ3v) is 3.66. The first-order valence-electron chi connectivity index (χ1n) is 6.78. The predicted octanol–water partition coefficient (Wildman–Crippen LogP) is 3.17. The van der Waals surface area contributed by atoms with Gasteiger partial charge >= 0.3 is 6.03 Å². The minimum absolute atomic E-state index is 0.0660. The van der Waals surface area contributed by atoms with Crippen molar-refractivity contribution in [2.75, 3.05) is 18.4 Å². The lowest BCUT2D eigenvalue weighted by Gasteiger charge is -2.30. The number of anilines is 1. The van der Waals surface area contributed by atoms with Gasteiger partial charge in [-0.25, -0.2) is 4.79 Å². The predicted molar refractivity (Wildman–Crippen MR) is 76.8 cm³/mol. The van der Waals surface area contributed by atoms with Gasteiger partial charge in [0.1, 0.15) is 5.69 Å². The number of nitro groups is 1. The lowest BCUT2D eigenvalue weighted by molar-refractivity contribution is -0.384. The lowest BCUT2D eigenvalue weighted by atomic mass is 10.00. The van der Waals surface area contributed by atoms with E-state index in [9.17, 15) is 14.9 Å². The van der Waals surface area contributed by atoms with E-state index in [2.05, 4.69) is 12.2 Å². The summed E-state index contributed by atoms with van der Waals surface area (Å²) in [5.74, 6) is 0.632. The number of piperidine rings is 1. The highest BCUT2D eigenvalue weighted by molar-refractivity contribution is 5.92. The molecule has 0 radical (unpaired) electrons. The Balaban J connectivity index is 2.10. The monoisotopic (exact) mass is 277 g/mol. The zero-order valence-corrected chi connectivity index (χ0v) is 11.8. The fourth-order valence-corrected chi connectivity index (χ4v) is 2.30. The van der Waals surface area contributed by atoms with Gasteiger partial charge in [0.15, 0.2) is 0 Å². The Bertz CT molecular complexity index is 522. The highest BCUT2D eigenvalue weighted by Gasteiger charge is 2.22. The fraction of sp³-hybridized carbons (Fsp3) is 0.500. The first-order chi connectivity index (χ1) is 9.47. The number of amides is 2. The number of hydrogen-bond donors (Lipinski definition) is 1. The van der Waals surface area contributed by atoms with Crippen molar-refractivity contribution >= 4 is 17.4 Å². The molecule has 1 fully saturated rings. The molecule has 2 rings (SSSR count). The molecule has 1 aromatic carbocycles. The summed E-state index contributed by atoms with van der Waals surface area (Å²) in [4.78, 5) is 24.4. The third-order valence-electron chi connectivity index (χ3n) is 3.66. The Labute approximate surface area is 117 Å². The number of urea groups is 1. The molecule has 20 heavy (non-hydrogen) atoms. The van der Waals surface area contributed by atoms with Crippen LogP contribution in [0.5, 0.6) is 0 Å². The minimum atomic E-state index is -0.471. The van der Waals surface area contributed by atoms with E-state index < -0.39 is 4.92 Å². The quantitative estimate of drug-likeness (QED) is 0.666. The Morgan fingerprint density at radius 1 is 1.40 bits per heavy atom. The topological polar surface area (TPSA) is 75.5 Å². The van der Waals surface area contributed by atoms with Crippen LogP contribution >= 0.6 is 0 Å². The van der Waals surface area contributed by atoms with Crippen LogP contribution in [0.15, 0.2) is 18.2 Å². The molecule has 1 aliphatic rings. The number of rotatable bonds is 2. The van der Waals surface area contributed by atoms with Gasteiger partial charge in [-0.3, -0.25) is 10.1 Å². The average Bonchev–Trinajstić information content (AvgIpc) is 2.41. The molecule has 1 aliphatic heterocycles. The molecule has 1 heterocycles. The molecule has 0 aliphatic carbocycles. The molecule has 0 saturated carbocycles. The Morgan fingerprint density at radius 2 is 2.05 bits per heavy atom. The number of carbonyl (C=O) groups is 1. The second-order valence-corrected chi connectivity index (χ2v) is 5.38. The smallest absolute Gasteiger partial charge is 0.322 e. The molecule has 1 saturated heterocycles. The van der Waals surface area contributed by atoms with E-state index in [0.717, 1.165) is 18.4 Å². The molecular weight excluding hydrogens is 258 g/mol. The van der Waals surface area contributed by atoms with Crippen LogP contribution in [0.1, 0.15) is 25.3 Å². The normalized spacial score (nSPS) is 16.0. The minimum Gasteiger partial charge on any atom is -0.325 e.